The molecule has 35 heavy (non-hydrogen) atoms. The number of hydrogen-bond donors (Lipinski definition) is 2. The van der Waals surface area contributed by atoms with E-state index in [0.717, 1.165) is 42.3 Å². The molecular weight excluding hydrogens is 438 g/mol. The minimum absolute atomic E-state index is 0.107. The van der Waals surface area contributed by atoms with Crippen LogP contribution in [0.15, 0.2) is 53.3 Å². The van der Waals surface area contributed by atoms with Gasteiger partial charge in [-0.1, -0.05) is 18.2 Å². The van der Waals surface area contributed by atoms with Crippen molar-refractivity contribution in [3.05, 3.63) is 70.0 Å². The molecule has 6 nitrogen and oxygen atoms in total. The van der Waals surface area contributed by atoms with Crippen LogP contribution in [0.3, 0.4) is 0 Å². The molecule has 4 fully saturated rings. The van der Waals surface area contributed by atoms with E-state index < -0.39 is 0 Å². The average Bonchev–Trinajstić information content (AvgIpc) is 3.58. The SMILES string of the molecule is CC(c1ccc(OCC[N+]23CCC(CC2)CC3)cc1)N1C[C@]1(C)c1ccc(O)c2[nH]c(=O)ccc12. The molecule has 4 aliphatic heterocycles. The van der Waals surface area contributed by atoms with Gasteiger partial charge in [0.2, 0.25) is 5.56 Å². The zero-order valence-electron chi connectivity index (χ0n) is 20.8. The van der Waals surface area contributed by atoms with Crippen LogP contribution in [0.4, 0.5) is 0 Å². The highest BCUT2D eigenvalue weighted by Crippen LogP contribution is 2.50. The maximum atomic E-state index is 11.8. The maximum absolute atomic E-state index is 11.8. The second-order valence-electron chi connectivity index (χ2n) is 11.2. The molecule has 3 atom stereocenters. The number of aromatic hydroxyl groups is 1. The second kappa shape index (κ2) is 8.38. The molecule has 2 aromatic carbocycles. The molecule has 2 N–H and O–H groups in total. The third-order valence-corrected chi connectivity index (χ3v) is 9.16. The highest BCUT2D eigenvalue weighted by Gasteiger charge is 2.52. The van der Waals surface area contributed by atoms with Gasteiger partial charge < -0.3 is 19.3 Å². The molecule has 2 unspecified atom stereocenters. The van der Waals surface area contributed by atoms with Crippen LogP contribution in [0.1, 0.15) is 50.3 Å². The van der Waals surface area contributed by atoms with Crippen LogP contribution in [0, 0.1) is 5.92 Å². The van der Waals surface area contributed by atoms with Gasteiger partial charge in [-0.25, -0.2) is 0 Å². The highest BCUT2D eigenvalue weighted by atomic mass is 16.5. The largest absolute Gasteiger partial charge is 0.506 e. The number of aromatic amines is 1. The van der Waals surface area contributed by atoms with Crippen LogP contribution in [0.25, 0.3) is 10.9 Å². The Morgan fingerprint density at radius 1 is 1.09 bits per heavy atom. The fraction of sp³-hybridized carbons (Fsp3) is 0.483. The molecule has 0 radical (unpaired) electrons. The molecule has 4 saturated heterocycles. The minimum Gasteiger partial charge on any atom is -0.506 e. The molecule has 7 rings (SSSR count). The molecule has 4 aliphatic rings. The molecule has 0 saturated carbocycles. The minimum atomic E-state index is -0.205. The summed E-state index contributed by atoms with van der Waals surface area (Å²) in [5, 5.41) is 11.2. The summed E-state index contributed by atoms with van der Waals surface area (Å²) >= 11 is 0. The van der Waals surface area contributed by atoms with Crippen LogP contribution in [0.5, 0.6) is 11.5 Å². The highest BCUT2D eigenvalue weighted by molar-refractivity contribution is 5.88. The summed E-state index contributed by atoms with van der Waals surface area (Å²) in [6.07, 6.45) is 4.21. The van der Waals surface area contributed by atoms with Crippen molar-refractivity contribution in [3.8, 4) is 11.5 Å². The van der Waals surface area contributed by atoms with Crippen molar-refractivity contribution in [3.63, 3.8) is 0 Å². The number of H-pyrrole nitrogens is 1. The third-order valence-electron chi connectivity index (χ3n) is 9.16. The van der Waals surface area contributed by atoms with E-state index in [2.05, 4.69) is 48.0 Å². The number of phenols is 1. The zero-order valence-corrected chi connectivity index (χ0v) is 20.8. The van der Waals surface area contributed by atoms with Crippen molar-refractivity contribution in [1.29, 1.82) is 0 Å². The summed E-state index contributed by atoms with van der Waals surface area (Å²) in [5.74, 6) is 2.05. The Morgan fingerprint density at radius 2 is 1.80 bits per heavy atom. The van der Waals surface area contributed by atoms with Crippen molar-refractivity contribution in [2.45, 2.75) is 44.7 Å². The topological polar surface area (TPSA) is 65.3 Å². The summed E-state index contributed by atoms with van der Waals surface area (Å²) in [6.45, 7) is 11.3. The molecule has 1 aromatic heterocycles. The van der Waals surface area contributed by atoms with E-state index in [9.17, 15) is 9.90 Å². The Labute approximate surface area is 206 Å². The van der Waals surface area contributed by atoms with Crippen molar-refractivity contribution < 1.29 is 14.3 Å². The number of pyridine rings is 1. The lowest BCUT2D eigenvalue weighted by Gasteiger charge is -2.49. The number of nitrogens with zero attached hydrogens (tertiary/aromatic N) is 2. The van der Waals surface area contributed by atoms with Crippen LogP contribution >= 0.6 is 0 Å². The summed E-state index contributed by atoms with van der Waals surface area (Å²) < 4.78 is 7.42. The van der Waals surface area contributed by atoms with Gasteiger partial charge in [0.25, 0.3) is 0 Å². The van der Waals surface area contributed by atoms with Crippen LogP contribution in [-0.4, -0.2) is 58.8 Å². The number of aromatic nitrogens is 1. The monoisotopic (exact) mass is 474 g/mol. The molecule has 184 valence electrons. The van der Waals surface area contributed by atoms with Gasteiger partial charge in [0.15, 0.2) is 0 Å². The number of fused-ring (bicyclic) bond motifs is 4. The predicted octanol–water partition coefficient (Wildman–Crippen LogP) is 4.54. The van der Waals surface area contributed by atoms with Gasteiger partial charge in [0.1, 0.15) is 24.7 Å². The van der Waals surface area contributed by atoms with Crippen LogP contribution < -0.4 is 10.3 Å². The van der Waals surface area contributed by atoms with E-state index in [1.54, 1.807) is 6.07 Å². The van der Waals surface area contributed by atoms with Gasteiger partial charge in [-0.05, 0) is 74.4 Å². The van der Waals surface area contributed by atoms with Gasteiger partial charge in [0, 0.05) is 24.0 Å². The number of piperidine rings is 3. The van der Waals surface area contributed by atoms with E-state index in [1.807, 2.05) is 12.1 Å². The van der Waals surface area contributed by atoms with Gasteiger partial charge >= 0.3 is 0 Å². The van der Waals surface area contributed by atoms with Gasteiger partial charge in [-0.2, -0.15) is 0 Å². The lowest BCUT2D eigenvalue weighted by atomic mass is 9.86. The molecule has 0 amide bonds. The summed E-state index contributed by atoms with van der Waals surface area (Å²) in [4.78, 5) is 17.0. The zero-order chi connectivity index (χ0) is 24.2. The Bertz CT molecular complexity index is 1280. The number of benzene rings is 2. The standard InChI is InChI=1S/C29H35N3O3/c1-20(31-19-29(31,2)25-8-9-26(33)28-24(25)7-10-27(34)30-28)22-3-5-23(6-4-22)35-18-17-32-14-11-21(12-15-32)13-16-32/h3-10,20-21H,11-19H2,1-2H3,(H-,30,33,34)/p+1/t20?,21?,29-,31?,32?/m1/s1. The summed E-state index contributed by atoms with van der Waals surface area (Å²) in [5.41, 5.74) is 2.55. The third kappa shape index (κ3) is 4.03. The normalized spacial score (nSPS) is 30.3. The van der Waals surface area contributed by atoms with Crippen molar-refractivity contribution in [2.24, 2.45) is 5.92 Å². The lowest BCUT2D eigenvalue weighted by Crippen LogP contribution is -2.59. The first-order valence-electron chi connectivity index (χ1n) is 13.1. The smallest absolute Gasteiger partial charge is 0.248 e. The van der Waals surface area contributed by atoms with E-state index in [0.29, 0.717) is 5.52 Å². The predicted molar refractivity (Wildman–Crippen MR) is 138 cm³/mol. The maximum Gasteiger partial charge on any atom is 0.248 e. The fourth-order valence-corrected chi connectivity index (χ4v) is 6.66. The van der Waals surface area contributed by atoms with Crippen LogP contribution in [0.2, 0.25) is 0 Å². The number of phenolic OH excluding ortho intramolecular Hbond substituents is 1. The van der Waals surface area contributed by atoms with E-state index in [4.69, 9.17) is 4.74 Å². The Balaban J connectivity index is 1.12. The quantitative estimate of drug-likeness (QED) is 0.390. The first kappa shape index (κ1) is 22.6. The summed E-state index contributed by atoms with van der Waals surface area (Å²) in [7, 11) is 0. The van der Waals surface area contributed by atoms with Crippen molar-refractivity contribution in [1.82, 2.24) is 9.88 Å². The molecule has 6 heteroatoms. The molecule has 0 aliphatic carbocycles. The lowest BCUT2D eigenvalue weighted by molar-refractivity contribution is -0.942. The molecular formula is C29H36N3O3+. The van der Waals surface area contributed by atoms with Crippen LogP contribution in [-0.2, 0) is 5.54 Å². The average molecular weight is 475 g/mol. The second-order valence-corrected chi connectivity index (χ2v) is 11.2. The van der Waals surface area contributed by atoms with Crippen molar-refractivity contribution >= 4 is 10.9 Å². The van der Waals surface area contributed by atoms with E-state index in [1.165, 1.54) is 55.0 Å². The van der Waals surface area contributed by atoms with Gasteiger partial charge in [-0.3, -0.25) is 9.69 Å². The van der Waals surface area contributed by atoms with Gasteiger partial charge in [0.05, 0.1) is 30.7 Å². The number of hydrogen-bond acceptors (Lipinski definition) is 4. The number of rotatable bonds is 7. The number of ether oxygens (including phenoxy) is 1. The number of quaternary nitrogens is 1. The molecule has 3 aromatic rings. The van der Waals surface area contributed by atoms with E-state index >= 15 is 0 Å². The first-order chi connectivity index (χ1) is 16.9. The van der Waals surface area contributed by atoms with Gasteiger partial charge in [-0.15, -0.1) is 0 Å². The Kier molecular flexibility index (Phi) is 5.42. The first-order valence-corrected chi connectivity index (χ1v) is 13.1. The molecule has 2 bridgehead atoms. The van der Waals surface area contributed by atoms with Crippen molar-refractivity contribution in [2.75, 3.05) is 39.3 Å². The summed E-state index contributed by atoms with van der Waals surface area (Å²) in [6, 6.07) is 15.8. The number of nitrogens with one attached hydrogen (secondary N) is 1. The molecule has 0 spiro atoms. The van der Waals surface area contributed by atoms with E-state index in [-0.39, 0.29) is 22.9 Å². The molecule has 5 heterocycles. The Hall–Kier alpha value is -2.83. The fourth-order valence-electron chi connectivity index (χ4n) is 6.66. The Morgan fingerprint density at radius 3 is 2.51 bits per heavy atom.